The van der Waals surface area contributed by atoms with Crippen molar-refractivity contribution in [2.75, 3.05) is 12.3 Å². The van der Waals surface area contributed by atoms with Crippen molar-refractivity contribution < 1.29 is 4.74 Å². The minimum absolute atomic E-state index is 0.231. The van der Waals surface area contributed by atoms with E-state index in [2.05, 4.69) is 5.92 Å². The molecule has 2 heteroatoms. The third-order valence-electron chi connectivity index (χ3n) is 2.43. The molecule has 2 aromatic carbocycles. The van der Waals surface area contributed by atoms with Gasteiger partial charge in [-0.1, -0.05) is 42.3 Å². The molecule has 0 heterocycles. The zero-order valence-electron chi connectivity index (χ0n) is 9.39. The van der Waals surface area contributed by atoms with Gasteiger partial charge >= 0.3 is 0 Å². The molecular formula is C15H13NO. The molecule has 0 fully saturated rings. The first-order valence-electron chi connectivity index (χ1n) is 5.32. The lowest BCUT2D eigenvalue weighted by Crippen LogP contribution is -1.98. The summed E-state index contributed by atoms with van der Waals surface area (Å²) in [6.45, 7) is 0.231. The van der Waals surface area contributed by atoms with Crippen LogP contribution in [0.3, 0.4) is 0 Å². The monoisotopic (exact) mass is 223 g/mol. The van der Waals surface area contributed by atoms with Crippen molar-refractivity contribution >= 4 is 5.69 Å². The van der Waals surface area contributed by atoms with Crippen molar-refractivity contribution in [2.24, 2.45) is 0 Å². The molecule has 0 aliphatic rings. The van der Waals surface area contributed by atoms with E-state index in [1.807, 2.05) is 48.5 Å². The molecule has 2 rings (SSSR count). The van der Waals surface area contributed by atoms with Gasteiger partial charge in [0.25, 0.3) is 0 Å². The summed E-state index contributed by atoms with van der Waals surface area (Å²) in [7, 11) is 0. The van der Waals surface area contributed by atoms with Gasteiger partial charge in [0.15, 0.2) is 0 Å². The lowest BCUT2D eigenvalue weighted by molar-refractivity contribution is 0.372. The van der Waals surface area contributed by atoms with Crippen molar-refractivity contribution in [2.45, 2.75) is 0 Å². The highest BCUT2D eigenvalue weighted by Gasteiger charge is 2.02. The second-order valence-corrected chi connectivity index (χ2v) is 3.61. The summed E-state index contributed by atoms with van der Waals surface area (Å²) < 4.78 is 5.32. The molecule has 0 radical (unpaired) electrons. The highest BCUT2D eigenvalue weighted by molar-refractivity contribution is 5.70. The van der Waals surface area contributed by atoms with Crippen LogP contribution in [0.4, 0.5) is 5.69 Å². The number of nitrogen functional groups attached to an aromatic ring is 1. The van der Waals surface area contributed by atoms with E-state index in [1.54, 1.807) is 0 Å². The number of anilines is 1. The van der Waals surface area contributed by atoms with Crippen molar-refractivity contribution in [1.82, 2.24) is 0 Å². The fraction of sp³-hybridized carbons (Fsp3) is 0.0667. The molecule has 17 heavy (non-hydrogen) atoms. The van der Waals surface area contributed by atoms with Gasteiger partial charge in [-0.15, -0.1) is 6.42 Å². The van der Waals surface area contributed by atoms with E-state index in [9.17, 15) is 0 Å². The summed E-state index contributed by atoms with van der Waals surface area (Å²) >= 11 is 0. The van der Waals surface area contributed by atoms with Gasteiger partial charge in [0, 0.05) is 0 Å². The number of rotatable bonds is 3. The van der Waals surface area contributed by atoms with Crippen LogP contribution in [0.2, 0.25) is 0 Å². The Balaban J connectivity index is 2.29. The summed E-state index contributed by atoms with van der Waals surface area (Å²) in [5, 5.41) is 0. The van der Waals surface area contributed by atoms with E-state index in [4.69, 9.17) is 16.9 Å². The molecule has 0 bridgehead atoms. The number of hydrogen-bond acceptors (Lipinski definition) is 2. The predicted molar refractivity (Wildman–Crippen MR) is 70.6 cm³/mol. The van der Waals surface area contributed by atoms with E-state index in [1.165, 1.54) is 0 Å². The lowest BCUT2D eigenvalue weighted by Gasteiger charge is -2.08. The minimum atomic E-state index is 0.231. The zero-order chi connectivity index (χ0) is 12.1. The number of benzene rings is 2. The van der Waals surface area contributed by atoms with E-state index in [0.29, 0.717) is 11.4 Å². The molecule has 84 valence electrons. The van der Waals surface area contributed by atoms with Gasteiger partial charge in [0.05, 0.1) is 5.69 Å². The van der Waals surface area contributed by atoms with Gasteiger partial charge in [-0.05, 0) is 23.3 Å². The van der Waals surface area contributed by atoms with Gasteiger partial charge in [-0.2, -0.15) is 0 Å². The van der Waals surface area contributed by atoms with Gasteiger partial charge in [-0.3, -0.25) is 0 Å². The highest BCUT2D eigenvalue weighted by atomic mass is 16.5. The van der Waals surface area contributed by atoms with E-state index in [0.717, 1.165) is 11.1 Å². The highest BCUT2D eigenvalue weighted by Crippen LogP contribution is 2.28. The number of ether oxygens (including phenoxy) is 1. The van der Waals surface area contributed by atoms with E-state index >= 15 is 0 Å². The average Bonchev–Trinajstić information content (AvgIpc) is 2.38. The van der Waals surface area contributed by atoms with Crippen LogP contribution in [-0.4, -0.2) is 6.61 Å². The van der Waals surface area contributed by atoms with Crippen LogP contribution in [0, 0.1) is 12.3 Å². The second-order valence-electron chi connectivity index (χ2n) is 3.61. The minimum Gasteiger partial charge on any atom is -0.479 e. The topological polar surface area (TPSA) is 35.2 Å². The van der Waals surface area contributed by atoms with Crippen LogP contribution in [0.15, 0.2) is 48.5 Å². The molecule has 0 aromatic heterocycles. The van der Waals surface area contributed by atoms with E-state index in [-0.39, 0.29) is 6.61 Å². The predicted octanol–water partition coefficient (Wildman–Crippen LogP) is 2.95. The van der Waals surface area contributed by atoms with Crippen LogP contribution in [-0.2, 0) is 0 Å². The van der Waals surface area contributed by atoms with E-state index < -0.39 is 0 Å². The Bertz CT molecular complexity index is 541. The smallest absolute Gasteiger partial charge is 0.148 e. The van der Waals surface area contributed by atoms with Crippen molar-refractivity contribution in [3.05, 3.63) is 48.5 Å². The Hall–Kier alpha value is -2.40. The normalized spacial score (nSPS) is 9.59. The molecule has 0 unspecified atom stereocenters. The largest absolute Gasteiger partial charge is 0.479 e. The first-order chi connectivity index (χ1) is 8.31. The molecule has 0 saturated heterocycles. The zero-order valence-corrected chi connectivity index (χ0v) is 9.39. The van der Waals surface area contributed by atoms with Crippen molar-refractivity contribution in [1.29, 1.82) is 0 Å². The number of terminal acetylenes is 1. The fourth-order valence-electron chi connectivity index (χ4n) is 1.61. The fourth-order valence-corrected chi connectivity index (χ4v) is 1.61. The SMILES string of the molecule is C#CCOc1ccc(-c2ccccc2)cc1N. The van der Waals surface area contributed by atoms with Crippen LogP contribution < -0.4 is 10.5 Å². The molecule has 2 N–H and O–H groups in total. The van der Waals surface area contributed by atoms with Crippen LogP contribution >= 0.6 is 0 Å². The summed E-state index contributed by atoms with van der Waals surface area (Å²) in [5.41, 5.74) is 8.70. The molecule has 0 atom stereocenters. The molecular weight excluding hydrogens is 210 g/mol. The lowest BCUT2D eigenvalue weighted by atomic mass is 10.1. The first-order valence-corrected chi connectivity index (χ1v) is 5.32. The molecule has 0 aliphatic heterocycles. The molecule has 2 aromatic rings. The molecule has 0 spiro atoms. The maximum atomic E-state index is 5.91. The quantitative estimate of drug-likeness (QED) is 0.641. The first kappa shape index (κ1) is 11.1. The summed E-state index contributed by atoms with van der Waals surface area (Å²) in [6.07, 6.45) is 5.13. The Kier molecular flexibility index (Phi) is 3.32. The average molecular weight is 223 g/mol. The number of nitrogens with two attached hydrogens (primary N) is 1. The summed E-state index contributed by atoms with van der Waals surface area (Å²) in [6, 6.07) is 15.8. The van der Waals surface area contributed by atoms with Crippen molar-refractivity contribution in [3.8, 4) is 29.2 Å². The maximum absolute atomic E-state index is 5.91. The van der Waals surface area contributed by atoms with Gasteiger partial charge in [0.1, 0.15) is 12.4 Å². The Morgan fingerprint density at radius 2 is 1.82 bits per heavy atom. The Morgan fingerprint density at radius 3 is 2.47 bits per heavy atom. The van der Waals surface area contributed by atoms with Gasteiger partial charge in [-0.25, -0.2) is 0 Å². The van der Waals surface area contributed by atoms with Crippen LogP contribution in [0.1, 0.15) is 0 Å². The molecule has 2 nitrogen and oxygen atoms in total. The third-order valence-corrected chi connectivity index (χ3v) is 2.43. The van der Waals surface area contributed by atoms with Crippen molar-refractivity contribution in [3.63, 3.8) is 0 Å². The molecule has 0 saturated carbocycles. The number of hydrogen-bond donors (Lipinski definition) is 1. The van der Waals surface area contributed by atoms with Gasteiger partial charge < -0.3 is 10.5 Å². The van der Waals surface area contributed by atoms with Crippen LogP contribution in [0.25, 0.3) is 11.1 Å². The van der Waals surface area contributed by atoms with Crippen LogP contribution in [0.5, 0.6) is 5.75 Å². The summed E-state index contributed by atoms with van der Waals surface area (Å²) in [4.78, 5) is 0. The standard InChI is InChI=1S/C15H13NO/c1-2-10-17-15-9-8-13(11-14(15)16)12-6-4-3-5-7-12/h1,3-9,11H,10,16H2. The molecule has 0 aliphatic carbocycles. The Morgan fingerprint density at radius 1 is 1.06 bits per heavy atom. The maximum Gasteiger partial charge on any atom is 0.148 e. The second kappa shape index (κ2) is 5.09. The molecule has 0 amide bonds. The summed E-state index contributed by atoms with van der Waals surface area (Å²) in [5.74, 6) is 3.04. The van der Waals surface area contributed by atoms with Gasteiger partial charge in [0.2, 0.25) is 0 Å². The third kappa shape index (κ3) is 2.59. The Labute approximate surface area is 101 Å².